The molecule has 2 amide bonds. The second-order valence-electron chi connectivity index (χ2n) is 7.97. The number of aromatic nitrogens is 2. The minimum absolute atomic E-state index is 0.131. The molecule has 5 nitrogen and oxygen atoms in total. The summed E-state index contributed by atoms with van der Waals surface area (Å²) >= 11 is 2.03. The molecule has 34 heavy (non-hydrogen) atoms. The van der Waals surface area contributed by atoms with Crippen LogP contribution in [0.15, 0.2) is 52.3 Å². The van der Waals surface area contributed by atoms with Crippen molar-refractivity contribution >= 4 is 40.1 Å². The minimum Gasteiger partial charge on any atom is -0.273 e. The zero-order chi connectivity index (χ0) is 25.0. The number of halogens is 7. The zero-order valence-electron chi connectivity index (χ0n) is 17.4. The van der Waals surface area contributed by atoms with Crippen LogP contribution in [-0.4, -0.2) is 33.9 Å². The number of amides is 2. The maximum absolute atomic E-state index is 13.9. The van der Waals surface area contributed by atoms with Gasteiger partial charge in [-0.2, -0.15) is 22.7 Å². The summed E-state index contributed by atoms with van der Waals surface area (Å²) in [6.45, 7) is 1.53. The number of hydrogen-bond donors (Lipinski definition) is 0. The molecule has 0 bridgehead atoms. The molecule has 2 heterocycles. The fourth-order valence-corrected chi connectivity index (χ4v) is 4.82. The predicted octanol–water partition coefficient (Wildman–Crippen LogP) is 5.23. The molecule has 2 aromatic rings. The SMILES string of the molecule is Cc1cc(Cn2ccc(C(F)(F)C(F)(F)C(F)F)n2)ccc1N1C(=O)C2C=CC=C(I)C2C1=O. The fourth-order valence-electron chi connectivity index (χ4n) is 3.96. The van der Waals surface area contributed by atoms with E-state index in [4.69, 9.17) is 0 Å². The molecule has 0 radical (unpaired) electrons. The Kier molecular flexibility index (Phi) is 6.15. The molecule has 1 saturated heterocycles. The Morgan fingerprint density at radius 3 is 2.44 bits per heavy atom. The number of carbonyl (C=O) groups excluding carboxylic acids is 2. The van der Waals surface area contributed by atoms with E-state index in [0.29, 0.717) is 22.9 Å². The van der Waals surface area contributed by atoms with Crippen LogP contribution in [0.2, 0.25) is 0 Å². The predicted molar refractivity (Wildman–Crippen MR) is 118 cm³/mol. The van der Waals surface area contributed by atoms with Crippen molar-refractivity contribution in [3.63, 3.8) is 0 Å². The average molecular weight is 595 g/mol. The number of hydrogen-bond acceptors (Lipinski definition) is 3. The van der Waals surface area contributed by atoms with Gasteiger partial charge in [-0.15, -0.1) is 0 Å². The largest absolute Gasteiger partial charge is 0.375 e. The molecule has 2 aliphatic rings. The van der Waals surface area contributed by atoms with Crippen molar-refractivity contribution in [3.8, 4) is 0 Å². The highest BCUT2D eigenvalue weighted by atomic mass is 127. The van der Waals surface area contributed by atoms with E-state index in [1.165, 1.54) is 12.1 Å². The fraction of sp³-hybridized carbons (Fsp3) is 0.318. The molecule has 0 saturated carbocycles. The number of fused-ring (bicyclic) bond motifs is 1. The molecule has 1 aliphatic carbocycles. The van der Waals surface area contributed by atoms with Gasteiger partial charge in [0.25, 0.3) is 0 Å². The molecule has 1 aromatic carbocycles. The summed E-state index contributed by atoms with van der Waals surface area (Å²) in [6.07, 6.45) is 1.60. The number of rotatable bonds is 6. The molecule has 12 heteroatoms. The lowest BCUT2D eigenvalue weighted by atomic mass is 9.91. The van der Waals surface area contributed by atoms with E-state index in [2.05, 4.69) is 5.10 Å². The van der Waals surface area contributed by atoms with Gasteiger partial charge in [0, 0.05) is 9.78 Å². The summed E-state index contributed by atoms with van der Waals surface area (Å²) in [5.41, 5.74) is -0.0544. The Labute approximate surface area is 203 Å². The van der Waals surface area contributed by atoms with Crippen LogP contribution < -0.4 is 4.90 Å². The molecule has 2 unspecified atom stereocenters. The summed E-state index contributed by atoms with van der Waals surface area (Å²) < 4.78 is 80.8. The lowest BCUT2D eigenvalue weighted by molar-refractivity contribution is -0.272. The lowest BCUT2D eigenvalue weighted by Gasteiger charge is -2.23. The highest BCUT2D eigenvalue weighted by molar-refractivity contribution is 14.1. The molecule has 1 aliphatic heterocycles. The normalized spacial score (nSPS) is 20.9. The average Bonchev–Trinajstić information content (AvgIpc) is 3.33. The topological polar surface area (TPSA) is 55.2 Å². The van der Waals surface area contributed by atoms with E-state index in [-0.39, 0.29) is 18.4 Å². The first kappa shape index (κ1) is 24.5. The lowest BCUT2D eigenvalue weighted by Crippen LogP contribution is -2.44. The monoisotopic (exact) mass is 595 g/mol. The second kappa shape index (κ2) is 8.54. The summed E-state index contributed by atoms with van der Waals surface area (Å²) in [6, 6.07) is 5.22. The van der Waals surface area contributed by atoms with Crippen LogP contribution in [0.4, 0.5) is 32.0 Å². The van der Waals surface area contributed by atoms with Gasteiger partial charge in [-0.1, -0.05) is 30.4 Å². The van der Waals surface area contributed by atoms with Crippen LogP contribution in [0, 0.1) is 18.8 Å². The van der Waals surface area contributed by atoms with Crippen LogP contribution in [0.25, 0.3) is 0 Å². The van der Waals surface area contributed by atoms with Crippen LogP contribution in [-0.2, 0) is 22.1 Å². The standard InChI is InChI=1S/C22H16F6IN3O2/c1-11-9-12(10-31-8-7-16(30-31)21(25,26)22(27,28)20(23)24)5-6-15(11)32-18(33)13-3-2-4-14(29)17(13)19(32)34/h2-9,13,17,20H,10H2,1H3. The third-order valence-electron chi connectivity index (χ3n) is 5.72. The quantitative estimate of drug-likeness (QED) is 0.262. The Morgan fingerprint density at radius 1 is 1.12 bits per heavy atom. The maximum Gasteiger partial charge on any atom is 0.375 e. The van der Waals surface area contributed by atoms with Gasteiger partial charge in [0.05, 0.1) is 24.1 Å². The molecule has 4 rings (SSSR count). The van der Waals surface area contributed by atoms with Gasteiger partial charge >= 0.3 is 18.3 Å². The van der Waals surface area contributed by atoms with Gasteiger partial charge in [0.15, 0.2) is 0 Å². The Balaban J connectivity index is 1.56. The Morgan fingerprint density at radius 2 is 1.82 bits per heavy atom. The number of imide groups is 1. The van der Waals surface area contributed by atoms with E-state index < -0.39 is 35.8 Å². The van der Waals surface area contributed by atoms with Gasteiger partial charge in [0.2, 0.25) is 11.8 Å². The van der Waals surface area contributed by atoms with E-state index in [1.807, 2.05) is 22.6 Å². The minimum atomic E-state index is -5.57. The van der Waals surface area contributed by atoms with Crippen LogP contribution in [0.5, 0.6) is 0 Å². The Hall–Kier alpha value is -2.64. The van der Waals surface area contributed by atoms with Crippen molar-refractivity contribution in [2.75, 3.05) is 4.90 Å². The van der Waals surface area contributed by atoms with Gasteiger partial charge in [-0.3, -0.25) is 14.3 Å². The first-order valence-corrected chi connectivity index (χ1v) is 11.0. The summed E-state index contributed by atoms with van der Waals surface area (Å²) in [7, 11) is 0. The number of allylic oxidation sites excluding steroid dienone is 2. The first-order chi connectivity index (χ1) is 15.9. The number of carbonyl (C=O) groups is 2. The van der Waals surface area contributed by atoms with Gasteiger partial charge in [-0.25, -0.2) is 13.7 Å². The molecule has 1 aromatic heterocycles. The molecule has 0 spiro atoms. The second-order valence-corrected chi connectivity index (χ2v) is 9.21. The highest BCUT2D eigenvalue weighted by Crippen LogP contribution is 2.46. The van der Waals surface area contributed by atoms with Gasteiger partial charge in [0.1, 0.15) is 5.69 Å². The molecular weight excluding hydrogens is 579 g/mol. The van der Waals surface area contributed by atoms with Gasteiger partial charge < -0.3 is 0 Å². The van der Waals surface area contributed by atoms with E-state index in [9.17, 15) is 35.9 Å². The number of alkyl halides is 6. The smallest absolute Gasteiger partial charge is 0.273 e. The molecule has 180 valence electrons. The van der Waals surface area contributed by atoms with Crippen molar-refractivity contribution in [2.24, 2.45) is 11.8 Å². The summed E-state index contributed by atoms with van der Waals surface area (Å²) in [5.74, 6) is -12.6. The van der Waals surface area contributed by atoms with Crippen molar-refractivity contribution in [2.45, 2.75) is 31.7 Å². The number of anilines is 1. The number of nitrogens with zero attached hydrogens (tertiary/aromatic N) is 3. The maximum atomic E-state index is 13.9. The molecular formula is C22H16F6IN3O2. The molecule has 2 atom stereocenters. The van der Waals surface area contributed by atoms with E-state index in [0.717, 1.165) is 19.4 Å². The molecule has 1 fully saturated rings. The molecule has 0 N–H and O–H groups in total. The summed E-state index contributed by atoms with van der Waals surface area (Å²) in [4.78, 5) is 26.9. The van der Waals surface area contributed by atoms with Crippen LogP contribution in [0.1, 0.15) is 16.8 Å². The van der Waals surface area contributed by atoms with Crippen molar-refractivity contribution in [1.82, 2.24) is 9.78 Å². The zero-order valence-corrected chi connectivity index (χ0v) is 19.5. The van der Waals surface area contributed by atoms with Gasteiger partial charge in [-0.05, 0) is 52.8 Å². The summed E-state index contributed by atoms with van der Waals surface area (Å²) in [5, 5.41) is 3.36. The first-order valence-electron chi connectivity index (χ1n) is 9.95. The third kappa shape index (κ3) is 3.85. The highest BCUT2D eigenvalue weighted by Gasteiger charge is 2.65. The van der Waals surface area contributed by atoms with E-state index in [1.54, 1.807) is 31.2 Å². The van der Waals surface area contributed by atoms with Crippen molar-refractivity contribution in [1.29, 1.82) is 0 Å². The van der Waals surface area contributed by atoms with Crippen molar-refractivity contribution < 1.29 is 35.9 Å². The third-order valence-corrected chi connectivity index (χ3v) is 6.75. The van der Waals surface area contributed by atoms with Crippen LogP contribution in [0.3, 0.4) is 0 Å². The number of benzene rings is 1. The van der Waals surface area contributed by atoms with Crippen LogP contribution >= 0.6 is 22.6 Å². The Bertz CT molecular complexity index is 1220. The van der Waals surface area contributed by atoms with E-state index >= 15 is 0 Å². The number of aryl methyl sites for hydroxylation is 1. The van der Waals surface area contributed by atoms with Crippen molar-refractivity contribution in [3.05, 3.63) is 69.1 Å².